The van der Waals surface area contributed by atoms with Crippen LogP contribution in [-0.4, -0.2) is 44.4 Å². The van der Waals surface area contributed by atoms with Gasteiger partial charge >= 0.3 is 0 Å². The van der Waals surface area contributed by atoms with Gasteiger partial charge in [-0.2, -0.15) is 0 Å². The number of hydrogen-bond donors (Lipinski definition) is 0. The molecule has 1 aliphatic carbocycles. The molecule has 1 saturated carbocycles. The van der Waals surface area contributed by atoms with Gasteiger partial charge in [-0.3, -0.25) is 4.79 Å². The smallest absolute Gasteiger partial charge is 0.193 e. The molecule has 2 aliphatic rings. The van der Waals surface area contributed by atoms with Crippen molar-refractivity contribution >= 4 is 5.78 Å². The molecule has 28 heavy (non-hydrogen) atoms. The number of fused-ring (bicyclic) bond motifs is 1. The third-order valence-corrected chi connectivity index (χ3v) is 5.60. The molecule has 1 aromatic rings. The molecular formula is C23H32O5. The molecule has 0 amide bonds. The first-order valence-corrected chi connectivity index (χ1v) is 10.1. The Bertz CT molecular complexity index is 706. The van der Waals surface area contributed by atoms with Gasteiger partial charge in [0.15, 0.2) is 5.78 Å². The Morgan fingerprint density at radius 1 is 1.18 bits per heavy atom. The van der Waals surface area contributed by atoms with E-state index in [4.69, 9.17) is 18.9 Å². The second-order valence-corrected chi connectivity index (χ2v) is 8.15. The topological polar surface area (TPSA) is 57.3 Å². The number of benzene rings is 1. The molecular weight excluding hydrogens is 356 g/mol. The van der Waals surface area contributed by atoms with Crippen LogP contribution in [0.4, 0.5) is 0 Å². The van der Waals surface area contributed by atoms with E-state index in [-0.39, 0.29) is 30.2 Å². The van der Waals surface area contributed by atoms with Crippen LogP contribution in [-0.2, 0) is 25.6 Å². The van der Waals surface area contributed by atoms with E-state index in [0.29, 0.717) is 12.5 Å². The van der Waals surface area contributed by atoms with Crippen molar-refractivity contribution in [1.29, 1.82) is 0 Å². The zero-order valence-electron chi connectivity index (χ0n) is 17.6. The fraction of sp³-hybridized carbons (Fsp3) is 0.609. The molecule has 0 aromatic heterocycles. The highest BCUT2D eigenvalue weighted by Crippen LogP contribution is 2.42. The predicted molar refractivity (Wildman–Crippen MR) is 107 cm³/mol. The Hall–Kier alpha value is -1.69. The predicted octanol–water partition coefficient (Wildman–Crippen LogP) is 4.09. The SMILES string of the molecule is COc1ccc(CO[C@@H]2[C@H]3O[C@H]3C(=O)C(=C(C)CCCC(C)C)[C@@H]2OC)cc1. The van der Waals surface area contributed by atoms with Crippen LogP contribution in [0.5, 0.6) is 5.75 Å². The van der Waals surface area contributed by atoms with Crippen molar-refractivity contribution < 1.29 is 23.7 Å². The van der Waals surface area contributed by atoms with E-state index in [1.165, 1.54) is 0 Å². The standard InChI is InChI=1S/C23H32O5/c1-14(2)7-6-8-15(3)18-19(24)21-23(28-21)22(20(18)26-5)27-13-16-9-11-17(25-4)12-10-16/h9-12,14,20-23H,6-8,13H2,1-5H3/t20-,21-,22-,23-/m0/s1. The summed E-state index contributed by atoms with van der Waals surface area (Å²) < 4.78 is 22.8. The Balaban J connectivity index is 1.71. The average Bonchev–Trinajstić information content (AvgIpc) is 3.48. The quantitative estimate of drug-likeness (QED) is 0.471. The molecule has 1 aromatic carbocycles. The van der Waals surface area contributed by atoms with Crippen molar-refractivity contribution in [1.82, 2.24) is 0 Å². The molecule has 4 atom stereocenters. The van der Waals surface area contributed by atoms with Gasteiger partial charge < -0.3 is 18.9 Å². The van der Waals surface area contributed by atoms with Gasteiger partial charge in [-0.05, 0) is 43.4 Å². The Morgan fingerprint density at radius 3 is 2.50 bits per heavy atom. The molecule has 1 saturated heterocycles. The lowest BCUT2D eigenvalue weighted by molar-refractivity contribution is -0.122. The summed E-state index contributed by atoms with van der Waals surface area (Å²) >= 11 is 0. The summed E-state index contributed by atoms with van der Waals surface area (Å²) in [6, 6.07) is 7.79. The van der Waals surface area contributed by atoms with Gasteiger partial charge in [0.1, 0.15) is 30.2 Å². The first kappa shape index (κ1) is 21.0. The fourth-order valence-corrected chi connectivity index (χ4v) is 3.93. The summed E-state index contributed by atoms with van der Waals surface area (Å²) in [7, 11) is 3.29. The van der Waals surface area contributed by atoms with Crippen LogP contribution in [0.25, 0.3) is 0 Å². The van der Waals surface area contributed by atoms with Gasteiger partial charge in [-0.1, -0.05) is 38.0 Å². The van der Waals surface area contributed by atoms with E-state index in [9.17, 15) is 4.79 Å². The van der Waals surface area contributed by atoms with Crippen molar-refractivity contribution in [2.45, 2.75) is 71.1 Å². The number of methoxy groups -OCH3 is 2. The number of ketones is 1. The maximum Gasteiger partial charge on any atom is 0.193 e. The van der Waals surface area contributed by atoms with E-state index in [1.807, 2.05) is 31.2 Å². The summed E-state index contributed by atoms with van der Waals surface area (Å²) in [5.41, 5.74) is 2.90. The number of epoxide rings is 1. The summed E-state index contributed by atoms with van der Waals surface area (Å²) in [5, 5.41) is 0. The normalized spacial score (nSPS) is 28.3. The molecule has 154 valence electrons. The number of ether oxygens (including phenoxy) is 4. The lowest BCUT2D eigenvalue weighted by Crippen LogP contribution is -2.46. The first-order valence-electron chi connectivity index (χ1n) is 10.1. The second kappa shape index (κ2) is 9.21. The van der Waals surface area contributed by atoms with Crippen LogP contribution in [0, 0.1) is 5.92 Å². The monoisotopic (exact) mass is 388 g/mol. The van der Waals surface area contributed by atoms with Crippen molar-refractivity contribution in [2.75, 3.05) is 14.2 Å². The minimum absolute atomic E-state index is 0.0724. The number of carbonyl (C=O) groups excluding carboxylic acids is 1. The molecule has 2 fully saturated rings. The molecule has 0 unspecified atom stereocenters. The fourth-order valence-electron chi connectivity index (χ4n) is 3.93. The summed E-state index contributed by atoms with van der Waals surface area (Å²) in [6.45, 7) is 6.92. The third kappa shape index (κ3) is 4.65. The Morgan fingerprint density at radius 2 is 1.89 bits per heavy atom. The highest BCUT2D eigenvalue weighted by atomic mass is 16.6. The second-order valence-electron chi connectivity index (χ2n) is 8.15. The van der Waals surface area contributed by atoms with Crippen molar-refractivity contribution in [3.63, 3.8) is 0 Å². The highest BCUT2D eigenvalue weighted by molar-refractivity contribution is 6.03. The molecule has 0 radical (unpaired) electrons. The first-order chi connectivity index (χ1) is 13.5. The highest BCUT2D eigenvalue weighted by Gasteiger charge is 2.60. The van der Waals surface area contributed by atoms with E-state index < -0.39 is 0 Å². The van der Waals surface area contributed by atoms with Gasteiger partial charge in [-0.15, -0.1) is 0 Å². The average molecular weight is 389 g/mol. The van der Waals surface area contributed by atoms with Crippen LogP contribution in [0.15, 0.2) is 35.4 Å². The van der Waals surface area contributed by atoms with E-state index in [0.717, 1.165) is 41.7 Å². The molecule has 0 spiro atoms. The van der Waals surface area contributed by atoms with Gasteiger partial charge in [0.05, 0.1) is 13.7 Å². The Kier molecular flexibility index (Phi) is 6.91. The molecule has 5 nitrogen and oxygen atoms in total. The molecule has 3 rings (SSSR count). The maximum absolute atomic E-state index is 12.8. The van der Waals surface area contributed by atoms with Crippen molar-refractivity contribution in [3.8, 4) is 5.75 Å². The molecule has 0 bridgehead atoms. The summed E-state index contributed by atoms with van der Waals surface area (Å²) in [5.74, 6) is 1.55. The number of hydrogen-bond acceptors (Lipinski definition) is 5. The number of allylic oxidation sites excluding steroid dienone is 1. The minimum atomic E-state index is -0.381. The van der Waals surface area contributed by atoms with Crippen LogP contribution < -0.4 is 4.74 Å². The van der Waals surface area contributed by atoms with E-state index >= 15 is 0 Å². The molecule has 5 heteroatoms. The Labute approximate surface area is 168 Å². The third-order valence-electron chi connectivity index (χ3n) is 5.60. The number of rotatable bonds is 9. The van der Waals surface area contributed by atoms with Gasteiger partial charge in [0.2, 0.25) is 0 Å². The van der Waals surface area contributed by atoms with E-state index in [1.54, 1.807) is 14.2 Å². The number of carbonyl (C=O) groups is 1. The lowest BCUT2D eigenvalue weighted by Gasteiger charge is -2.31. The summed E-state index contributed by atoms with van der Waals surface area (Å²) in [6.07, 6.45) is 1.89. The zero-order chi connectivity index (χ0) is 20.3. The van der Waals surface area contributed by atoms with Crippen molar-refractivity contribution in [2.24, 2.45) is 5.92 Å². The molecule has 0 N–H and O–H groups in total. The largest absolute Gasteiger partial charge is 0.497 e. The van der Waals surface area contributed by atoms with Gasteiger partial charge in [-0.25, -0.2) is 0 Å². The van der Waals surface area contributed by atoms with Gasteiger partial charge in [0.25, 0.3) is 0 Å². The van der Waals surface area contributed by atoms with Crippen molar-refractivity contribution in [3.05, 3.63) is 41.0 Å². The van der Waals surface area contributed by atoms with E-state index in [2.05, 4.69) is 13.8 Å². The molecule has 1 heterocycles. The van der Waals surface area contributed by atoms with Gasteiger partial charge in [0, 0.05) is 12.7 Å². The van der Waals surface area contributed by atoms with Crippen LogP contribution in [0.3, 0.4) is 0 Å². The van der Waals surface area contributed by atoms with Crippen LogP contribution in [0.1, 0.15) is 45.6 Å². The zero-order valence-corrected chi connectivity index (χ0v) is 17.6. The maximum atomic E-state index is 12.8. The lowest BCUT2D eigenvalue weighted by atomic mass is 9.84. The van der Waals surface area contributed by atoms with Crippen LogP contribution in [0.2, 0.25) is 0 Å². The number of Topliss-reactive ketones (excluding diaryl/α,β-unsaturated/α-hetero) is 1. The molecule has 1 aliphatic heterocycles. The minimum Gasteiger partial charge on any atom is -0.497 e. The summed E-state index contributed by atoms with van der Waals surface area (Å²) in [4.78, 5) is 12.8. The van der Waals surface area contributed by atoms with Crippen LogP contribution >= 0.6 is 0 Å².